The van der Waals surface area contributed by atoms with Crippen LogP contribution in [0.1, 0.15) is 58.4 Å². The Kier molecular flexibility index (Phi) is 5.45. The van der Waals surface area contributed by atoms with Crippen LogP contribution >= 0.6 is 0 Å². The quantitative estimate of drug-likeness (QED) is 0.817. The van der Waals surface area contributed by atoms with E-state index in [9.17, 15) is 9.90 Å². The van der Waals surface area contributed by atoms with Gasteiger partial charge >= 0.3 is 5.97 Å². The lowest BCUT2D eigenvalue weighted by molar-refractivity contribution is -0.163. The molecule has 0 radical (unpaired) electrons. The first kappa shape index (κ1) is 19.4. The fourth-order valence-corrected chi connectivity index (χ4v) is 4.89. The van der Waals surface area contributed by atoms with Gasteiger partial charge in [-0.3, -0.25) is 4.79 Å². The number of carbonyl (C=O) groups excluding carboxylic acids is 1. The molecule has 0 amide bonds. The summed E-state index contributed by atoms with van der Waals surface area (Å²) in [7, 11) is 2.18. The van der Waals surface area contributed by atoms with E-state index in [2.05, 4.69) is 32.7 Å². The summed E-state index contributed by atoms with van der Waals surface area (Å²) in [5.74, 6) is -0.268. The summed E-state index contributed by atoms with van der Waals surface area (Å²) < 4.78 is 6.05. The number of nitrogens with zero attached hydrogens (tertiary/aromatic N) is 1. The minimum absolute atomic E-state index is 0.0363. The number of esters is 1. The van der Waals surface area contributed by atoms with E-state index < -0.39 is 5.41 Å². The third kappa shape index (κ3) is 3.81. The van der Waals surface area contributed by atoms with Crippen molar-refractivity contribution >= 4 is 5.97 Å². The highest BCUT2D eigenvalue weighted by atomic mass is 16.5. The van der Waals surface area contributed by atoms with Gasteiger partial charge in [-0.2, -0.15) is 0 Å². The standard InChI is InChI=1S/C22H33NO3/c1-21(2,3)14-22(15-24,16-8-6-5-7-9-16)20(25)26-19-12-17-10-11-18(13-19)23(17)4/h5-9,17-19,24H,10-15H2,1-4H3. The number of fused-ring (bicyclic) bond motifs is 2. The number of aliphatic hydroxyl groups excluding tert-OH is 1. The van der Waals surface area contributed by atoms with Crippen LogP contribution in [0.3, 0.4) is 0 Å². The SMILES string of the molecule is CN1C2CCC1CC(OC(=O)C(CO)(CC(C)(C)C)c1ccccc1)C2. The van der Waals surface area contributed by atoms with Gasteiger partial charge in [0.2, 0.25) is 0 Å². The van der Waals surface area contributed by atoms with Gasteiger partial charge in [-0.25, -0.2) is 0 Å². The highest BCUT2D eigenvalue weighted by molar-refractivity contribution is 5.83. The van der Waals surface area contributed by atoms with Gasteiger partial charge in [0, 0.05) is 12.1 Å². The van der Waals surface area contributed by atoms with Gasteiger partial charge in [0.05, 0.1) is 6.61 Å². The molecule has 2 heterocycles. The van der Waals surface area contributed by atoms with E-state index in [-0.39, 0.29) is 24.1 Å². The van der Waals surface area contributed by atoms with Crippen molar-refractivity contribution in [1.82, 2.24) is 4.90 Å². The minimum Gasteiger partial charge on any atom is -0.462 e. The molecule has 2 fully saturated rings. The van der Waals surface area contributed by atoms with Crippen molar-refractivity contribution in [3.8, 4) is 0 Å². The number of hydrogen-bond donors (Lipinski definition) is 1. The number of hydrogen-bond acceptors (Lipinski definition) is 4. The summed E-state index contributed by atoms with van der Waals surface area (Å²) in [6, 6.07) is 10.7. The van der Waals surface area contributed by atoms with E-state index in [1.165, 1.54) is 12.8 Å². The summed E-state index contributed by atoms with van der Waals surface area (Å²) >= 11 is 0. The molecule has 1 aromatic carbocycles. The summed E-state index contributed by atoms with van der Waals surface area (Å²) in [5.41, 5.74) is -0.260. The molecule has 3 unspecified atom stereocenters. The molecular formula is C22H33NO3. The van der Waals surface area contributed by atoms with Crippen LogP contribution in [0, 0.1) is 5.41 Å². The Balaban J connectivity index is 1.83. The zero-order valence-electron chi connectivity index (χ0n) is 16.6. The van der Waals surface area contributed by atoms with Gasteiger partial charge < -0.3 is 14.7 Å². The summed E-state index contributed by atoms with van der Waals surface area (Å²) in [4.78, 5) is 15.8. The predicted octanol–water partition coefficient (Wildman–Crippen LogP) is 3.52. The van der Waals surface area contributed by atoms with Crippen LogP contribution in [-0.2, 0) is 14.9 Å². The average Bonchev–Trinajstić information content (AvgIpc) is 2.81. The van der Waals surface area contributed by atoms with Crippen molar-refractivity contribution in [1.29, 1.82) is 0 Å². The third-order valence-electron chi connectivity index (χ3n) is 6.15. The first-order chi connectivity index (χ1) is 12.2. The Morgan fingerprint density at radius 2 is 1.73 bits per heavy atom. The fraction of sp³-hybridized carbons (Fsp3) is 0.682. The Hall–Kier alpha value is -1.39. The Labute approximate surface area is 157 Å². The molecule has 0 aliphatic carbocycles. The van der Waals surface area contributed by atoms with E-state index in [0.29, 0.717) is 18.5 Å². The highest BCUT2D eigenvalue weighted by Gasteiger charge is 2.47. The molecule has 0 aromatic heterocycles. The second-order valence-electron chi connectivity index (χ2n) is 9.39. The van der Waals surface area contributed by atoms with E-state index in [0.717, 1.165) is 18.4 Å². The molecule has 3 rings (SSSR count). The van der Waals surface area contributed by atoms with Gasteiger partial charge in [0.1, 0.15) is 11.5 Å². The topological polar surface area (TPSA) is 49.8 Å². The maximum Gasteiger partial charge on any atom is 0.319 e. The molecule has 2 aliphatic rings. The lowest BCUT2D eigenvalue weighted by atomic mass is 9.70. The average molecular weight is 360 g/mol. The number of rotatable bonds is 5. The van der Waals surface area contributed by atoms with Crippen molar-refractivity contribution in [3.05, 3.63) is 35.9 Å². The molecule has 1 aromatic rings. The van der Waals surface area contributed by atoms with Crippen molar-refractivity contribution in [2.75, 3.05) is 13.7 Å². The maximum atomic E-state index is 13.4. The van der Waals surface area contributed by atoms with Crippen molar-refractivity contribution < 1.29 is 14.6 Å². The van der Waals surface area contributed by atoms with Gasteiger partial charge in [0.25, 0.3) is 0 Å². The second kappa shape index (κ2) is 7.32. The monoisotopic (exact) mass is 359 g/mol. The molecule has 0 saturated carbocycles. The van der Waals surface area contributed by atoms with Crippen LogP contribution in [0.2, 0.25) is 0 Å². The fourth-order valence-electron chi connectivity index (χ4n) is 4.89. The molecule has 2 saturated heterocycles. The molecule has 1 N–H and O–H groups in total. The normalized spacial score (nSPS) is 28.6. The number of benzene rings is 1. The smallest absolute Gasteiger partial charge is 0.319 e. The third-order valence-corrected chi connectivity index (χ3v) is 6.15. The van der Waals surface area contributed by atoms with Crippen LogP contribution in [0.5, 0.6) is 0 Å². The predicted molar refractivity (Wildman–Crippen MR) is 103 cm³/mol. The zero-order chi connectivity index (χ0) is 18.9. The summed E-state index contributed by atoms with van der Waals surface area (Å²) in [5, 5.41) is 10.3. The van der Waals surface area contributed by atoms with Crippen LogP contribution in [0.4, 0.5) is 0 Å². The molecule has 0 spiro atoms. The molecule has 3 atom stereocenters. The van der Waals surface area contributed by atoms with E-state index >= 15 is 0 Å². The van der Waals surface area contributed by atoms with E-state index in [1.54, 1.807) is 0 Å². The van der Waals surface area contributed by atoms with Gasteiger partial charge in [0.15, 0.2) is 0 Å². The molecule has 144 valence electrons. The Bertz CT molecular complexity index is 610. The first-order valence-corrected chi connectivity index (χ1v) is 9.84. The molecule has 4 nitrogen and oxygen atoms in total. The van der Waals surface area contributed by atoms with Crippen molar-refractivity contribution in [2.45, 2.75) is 76.5 Å². The molecule has 2 aliphatic heterocycles. The Morgan fingerprint density at radius 3 is 2.23 bits per heavy atom. The summed E-state index contributed by atoms with van der Waals surface area (Å²) in [6.07, 6.45) is 4.72. The largest absolute Gasteiger partial charge is 0.462 e. The van der Waals surface area contributed by atoms with Gasteiger partial charge in [-0.1, -0.05) is 51.1 Å². The Morgan fingerprint density at radius 1 is 1.15 bits per heavy atom. The lowest BCUT2D eigenvalue weighted by Crippen LogP contribution is -2.48. The number of ether oxygens (including phenoxy) is 1. The second-order valence-corrected chi connectivity index (χ2v) is 9.39. The maximum absolute atomic E-state index is 13.4. The number of carbonyl (C=O) groups is 1. The zero-order valence-corrected chi connectivity index (χ0v) is 16.6. The lowest BCUT2D eigenvalue weighted by Gasteiger charge is -2.40. The van der Waals surface area contributed by atoms with E-state index in [4.69, 9.17) is 4.74 Å². The number of piperidine rings is 1. The van der Waals surface area contributed by atoms with E-state index in [1.807, 2.05) is 30.3 Å². The van der Waals surface area contributed by atoms with Crippen LogP contribution in [0.15, 0.2) is 30.3 Å². The van der Waals surface area contributed by atoms with Crippen molar-refractivity contribution in [3.63, 3.8) is 0 Å². The van der Waals surface area contributed by atoms with Crippen molar-refractivity contribution in [2.24, 2.45) is 5.41 Å². The molecular weight excluding hydrogens is 326 g/mol. The van der Waals surface area contributed by atoms with Crippen LogP contribution in [0.25, 0.3) is 0 Å². The first-order valence-electron chi connectivity index (χ1n) is 9.84. The van der Waals surface area contributed by atoms with Crippen LogP contribution < -0.4 is 0 Å². The van der Waals surface area contributed by atoms with Crippen LogP contribution in [-0.4, -0.2) is 47.8 Å². The highest BCUT2D eigenvalue weighted by Crippen LogP contribution is 2.40. The molecule has 4 heteroatoms. The number of aliphatic hydroxyl groups is 1. The molecule has 26 heavy (non-hydrogen) atoms. The minimum atomic E-state index is -0.998. The van der Waals surface area contributed by atoms with Gasteiger partial charge in [-0.15, -0.1) is 0 Å². The van der Waals surface area contributed by atoms with Gasteiger partial charge in [-0.05, 0) is 50.1 Å². The summed E-state index contributed by atoms with van der Waals surface area (Å²) in [6.45, 7) is 6.07. The molecule has 2 bridgehead atoms.